The Labute approximate surface area is 155 Å². The molecule has 5 nitrogen and oxygen atoms in total. The Morgan fingerprint density at radius 2 is 2.04 bits per heavy atom. The summed E-state index contributed by atoms with van der Waals surface area (Å²) in [4.78, 5) is 6.99. The quantitative estimate of drug-likeness (QED) is 0.823. The van der Waals surface area contributed by atoms with Crippen molar-refractivity contribution >= 4 is 38.3 Å². The number of hydrogen-bond donors (Lipinski definition) is 1. The van der Waals surface area contributed by atoms with Crippen LogP contribution in [0.3, 0.4) is 0 Å². The molecule has 1 aliphatic rings. The van der Waals surface area contributed by atoms with Gasteiger partial charge in [-0.3, -0.25) is 0 Å². The lowest BCUT2D eigenvalue weighted by Crippen LogP contribution is -2.36. The summed E-state index contributed by atoms with van der Waals surface area (Å²) in [7, 11) is 0. The van der Waals surface area contributed by atoms with E-state index in [2.05, 4.69) is 74.5 Å². The van der Waals surface area contributed by atoms with Crippen LogP contribution < -0.4 is 10.2 Å². The van der Waals surface area contributed by atoms with Crippen LogP contribution in [0.15, 0.2) is 22.7 Å². The lowest BCUT2D eigenvalue weighted by molar-refractivity contribution is 0.122. The third-order valence-corrected chi connectivity index (χ3v) is 5.09. The van der Waals surface area contributed by atoms with Crippen LogP contribution in [0.4, 0.5) is 10.8 Å². The molecule has 0 atom stereocenters. The zero-order valence-electron chi connectivity index (χ0n) is 14.3. The summed E-state index contributed by atoms with van der Waals surface area (Å²) in [6.45, 7) is 10.5. The Kier molecular flexibility index (Phi) is 5.42. The summed E-state index contributed by atoms with van der Waals surface area (Å²) in [5.41, 5.74) is 2.49. The zero-order chi connectivity index (χ0) is 17.2. The molecule has 0 aliphatic carbocycles. The number of anilines is 2. The zero-order valence-corrected chi connectivity index (χ0v) is 16.7. The Balaban J connectivity index is 1.74. The van der Waals surface area contributed by atoms with E-state index in [4.69, 9.17) is 4.74 Å². The minimum absolute atomic E-state index is 0.0208. The van der Waals surface area contributed by atoms with Gasteiger partial charge in [0.2, 0.25) is 5.13 Å². The molecule has 1 N–H and O–H groups in total. The molecule has 130 valence electrons. The summed E-state index contributed by atoms with van der Waals surface area (Å²) >= 11 is 5.01. The van der Waals surface area contributed by atoms with E-state index in [9.17, 15) is 0 Å². The van der Waals surface area contributed by atoms with Crippen LogP contribution in [0, 0.1) is 0 Å². The second-order valence-corrected chi connectivity index (χ2v) is 8.57. The summed E-state index contributed by atoms with van der Waals surface area (Å²) in [5.74, 6) is 0.888. The largest absolute Gasteiger partial charge is 0.378 e. The van der Waals surface area contributed by atoms with Crippen molar-refractivity contribution in [2.45, 2.75) is 32.7 Å². The van der Waals surface area contributed by atoms with Crippen molar-refractivity contribution in [3.05, 3.63) is 34.1 Å². The molecule has 0 unspecified atom stereocenters. The summed E-state index contributed by atoms with van der Waals surface area (Å²) < 4.78 is 11.0. The average molecular weight is 411 g/mol. The molecular formula is C17H23BrN4OS. The van der Waals surface area contributed by atoms with E-state index in [-0.39, 0.29) is 5.41 Å². The van der Waals surface area contributed by atoms with Gasteiger partial charge in [-0.2, -0.15) is 4.37 Å². The Morgan fingerprint density at radius 3 is 2.71 bits per heavy atom. The van der Waals surface area contributed by atoms with Crippen molar-refractivity contribution in [3.63, 3.8) is 0 Å². The predicted octanol–water partition coefficient (Wildman–Crippen LogP) is 4.05. The van der Waals surface area contributed by atoms with Gasteiger partial charge in [0.05, 0.1) is 13.2 Å². The van der Waals surface area contributed by atoms with Crippen LogP contribution in [-0.4, -0.2) is 35.7 Å². The summed E-state index contributed by atoms with van der Waals surface area (Å²) in [6, 6.07) is 6.43. The highest BCUT2D eigenvalue weighted by molar-refractivity contribution is 9.10. The Hall–Kier alpha value is -1.18. The van der Waals surface area contributed by atoms with E-state index in [0.29, 0.717) is 0 Å². The van der Waals surface area contributed by atoms with Gasteiger partial charge in [-0.1, -0.05) is 42.8 Å². The van der Waals surface area contributed by atoms with Gasteiger partial charge in [0, 0.05) is 46.7 Å². The van der Waals surface area contributed by atoms with Gasteiger partial charge in [-0.05, 0) is 17.7 Å². The Bertz CT molecular complexity index is 692. The minimum Gasteiger partial charge on any atom is -0.378 e. The van der Waals surface area contributed by atoms with Gasteiger partial charge >= 0.3 is 0 Å². The number of morpholine rings is 1. The average Bonchev–Trinajstić information content (AvgIpc) is 3.04. The van der Waals surface area contributed by atoms with Gasteiger partial charge in [0.1, 0.15) is 5.82 Å². The molecule has 0 spiro atoms. The second kappa shape index (κ2) is 7.37. The molecule has 2 aromatic rings. The standard InChI is InChI=1S/C17H23BrN4OS/c1-17(2,3)15-20-16(24-21-15)19-11-12-4-5-13(18)10-14(12)22-6-8-23-9-7-22/h4-5,10H,6-9,11H2,1-3H3,(H,19,20,21). The molecule has 0 saturated carbocycles. The summed E-state index contributed by atoms with van der Waals surface area (Å²) in [5, 5.41) is 4.30. The lowest BCUT2D eigenvalue weighted by Gasteiger charge is -2.30. The molecular weight excluding hydrogens is 388 g/mol. The fraction of sp³-hybridized carbons (Fsp3) is 0.529. The maximum Gasteiger partial charge on any atom is 0.202 e. The maximum atomic E-state index is 5.47. The van der Waals surface area contributed by atoms with Crippen molar-refractivity contribution < 1.29 is 4.74 Å². The molecule has 1 aromatic heterocycles. The van der Waals surface area contributed by atoms with Gasteiger partial charge in [0.25, 0.3) is 0 Å². The molecule has 1 aromatic carbocycles. The van der Waals surface area contributed by atoms with Crippen molar-refractivity contribution in [1.82, 2.24) is 9.36 Å². The van der Waals surface area contributed by atoms with Gasteiger partial charge in [-0.15, -0.1) is 0 Å². The fourth-order valence-corrected chi connectivity index (χ4v) is 3.66. The van der Waals surface area contributed by atoms with E-state index in [1.54, 1.807) is 0 Å². The first kappa shape index (κ1) is 17.6. The number of aromatic nitrogens is 2. The van der Waals surface area contributed by atoms with Crippen LogP contribution in [0.2, 0.25) is 0 Å². The first-order chi connectivity index (χ1) is 11.4. The van der Waals surface area contributed by atoms with Gasteiger partial charge < -0.3 is 15.0 Å². The van der Waals surface area contributed by atoms with Crippen LogP contribution >= 0.6 is 27.5 Å². The first-order valence-corrected chi connectivity index (χ1v) is 9.69. The van der Waals surface area contributed by atoms with Crippen molar-refractivity contribution in [2.24, 2.45) is 0 Å². The van der Waals surface area contributed by atoms with Crippen LogP contribution in [0.25, 0.3) is 0 Å². The topological polar surface area (TPSA) is 50.3 Å². The van der Waals surface area contributed by atoms with Gasteiger partial charge in [0.15, 0.2) is 0 Å². The second-order valence-electron chi connectivity index (χ2n) is 6.90. The van der Waals surface area contributed by atoms with Crippen molar-refractivity contribution in [2.75, 3.05) is 36.5 Å². The molecule has 1 fully saturated rings. The molecule has 7 heteroatoms. The smallest absolute Gasteiger partial charge is 0.202 e. The van der Waals surface area contributed by atoms with Crippen LogP contribution in [0.5, 0.6) is 0 Å². The number of rotatable bonds is 4. The van der Waals surface area contributed by atoms with E-state index in [0.717, 1.165) is 48.3 Å². The van der Waals surface area contributed by atoms with E-state index >= 15 is 0 Å². The van der Waals surface area contributed by atoms with E-state index in [1.165, 1.54) is 22.8 Å². The van der Waals surface area contributed by atoms with E-state index in [1.807, 2.05) is 0 Å². The molecule has 1 saturated heterocycles. The highest BCUT2D eigenvalue weighted by Crippen LogP contribution is 2.28. The van der Waals surface area contributed by atoms with Crippen molar-refractivity contribution in [1.29, 1.82) is 0 Å². The number of ether oxygens (including phenoxy) is 1. The number of benzene rings is 1. The molecule has 3 rings (SSSR count). The first-order valence-electron chi connectivity index (χ1n) is 8.13. The minimum atomic E-state index is -0.0208. The third-order valence-electron chi connectivity index (χ3n) is 3.93. The Morgan fingerprint density at radius 1 is 1.29 bits per heavy atom. The monoisotopic (exact) mass is 410 g/mol. The lowest BCUT2D eigenvalue weighted by atomic mass is 9.96. The molecule has 24 heavy (non-hydrogen) atoms. The van der Waals surface area contributed by atoms with Gasteiger partial charge in [-0.25, -0.2) is 4.98 Å². The normalized spacial score (nSPS) is 15.6. The number of nitrogens with zero attached hydrogens (tertiary/aromatic N) is 3. The maximum absolute atomic E-state index is 5.47. The number of nitrogens with one attached hydrogen (secondary N) is 1. The fourth-order valence-electron chi connectivity index (χ4n) is 2.56. The third kappa shape index (κ3) is 4.26. The summed E-state index contributed by atoms with van der Waals surface area (Å²) in [6.07, 6.45) is 0. The molecule has 1 aliphatic heterocycles. The highest BCUT2D eigenvalue weighted by Gasteiger charge is 2.20. The number of halogens is 1. The number of hydrogen-bond acceptors (Lipinski definition) is 6. The van der Waals surface area contributed by atoms with Crippen LogP contribution in [-0.2, 0) is 16.7 Å². The molecule has 2 heterocycles. The highest BCUT2D eigenvalue weighted by atomic mass is 79.9. The van der Waals surface area contributed by atoms with E-state index < -0.39 is 0 Å². The van der Waals surface area contributed by atoms with Crippen LogP contribution in [0.1, 0.15) is 32.2 Å². The SMILES string of the molecule is CC(C)(C)c1nsc(NCc2ccc(Br)cc2N2CCOCC2)n1. The molecule has 0 amide bonds. The van der Waals surface area contributed by atoms with Crippen molar-refractivity contribution in [3.8, 4) is 0 Å². The molecule has 0 radical (unpaired) electrons. The molecule has 0 bridgehead atoms. The predicted molar refractivity (Wildman–Crippen MR) is 103 cm³/mol.